The molecule has 1 N–H and O–H groups in total. The second-order valence-electron chi connectivity index (χ2n) is 6.22. The molecule has 3 aromatic rings. The van der Waals surface area contributed by atoms with Crippen LogP contribution in [0.15, 0.2) is 48.7 Å². The average molecular weight is 306 g/mol. The summed E-state index contributed by atoms with van der Waals surface area (Å²) in [4.78, 5) is 12.7. The van der Waals surface area contributed by atoms with Crippen molar-refractivity contribution in [2.75, 3.05) is 5.32 Å². The van der Waals surface area contributed by atoms with Gasteiger partial charge in [-0.1, -0.05) is 30.3 Å². The smallest absolute Gasteiger partial charge is 0.247 e. The van der Waals surface area contributed by atoms with E-state index in [0.29, 0.717) is 0 Å². The fraction of sp³-hybridized carbons (Fsp3) is 0.250. The lowest BCUT2D eigenvalue weighted by Gasteiger charge is -2.17. The third-order valence-corrected chi connectivity index (χ3v) is 4.39. The zero-order chi connectivity index (χ0) is 16.6. The van der Waals surface area contributed by atoms with Gasteiger partial charge in [0.2, 0.25) is 5.91 Å². The lowest BCUT2D eigenvalue weighted by atomic mass is 10.1. The number of fused-ring (bicyclic) bond motifs is 1. The highest BCUT2D eigenvalue weighted by Crippen LogP contribution is 2.25. The maximum Gasteiger partial charge on any atom is 0.247 e. The predicted octanol–water partition coefficient (Wildman–Crippen LogP) is 4.77. The fourth-order valence-corrected chi connectivity index (χ4v) is 2.93. The Morgan fingerprint density at radius 1 is 1.04 bits per heavy atom. The Labute approximate surface area is 136 Å². The highest BCUT2D eigenvalue weighted by atomic mass is 16.2. The van der Waals surface area contributed by atoms with Gasteiger partial charge in [0, 0.05) is 22.8 Å². The van der Waals surface area contributed by atoms with Crippen molar-refractivity contribution < 1.29 is 4.79 Å². The molecule has 23 heavy (non-hydrogen) atoms. The van der Waals surface area contributed by atoms with E-state index in [-0.39, 0.29) is 11.9 Å². The van der Waals surface area contributed by atoms with E-state index in [0.717, 1.165) is 22.3 Å². The Bertz CT molecular complexity index is 876. The first-order chi connectivity index (χ1) is 11.0. The highest BCUT2D eigenvalue weighted by Gasteiger charge is 2.18. The first kappa shape index (κ1) is 15.3. The van der Waals surface area contributed by atoms with E-state index in [1.54, 1.807) is 0 Å². The third kappa shape index (κ3) is 2.87. The second kappa shape index (κ2) is 5.92. The van der Waals surface area contributed by atoms with E-state index < -0.39 is 0 Å². The first-order valence-corrected chi connectivity index (χ1v) is 7.91. The lowest BCUT2D eigenvalue weighted by molar-refractivity contribution is -0.118. The number of hydrogen-bond donors (Lipinski definition) is 1. The number of nitrogens with one attached hydrogen (secondary N) is 1. The van der Waals surface area contributed by atoms with Crippen LogP contribution >= 0.6 is 0 Å². The molecule has 1 aromatic heterocycles. The molecule has 3 heteroatoms. The Kier molecular flexibility index (Phi) is 3.95. The van der Waals surface area contributed by atoms with Gasteiger partial charge in [-0.15, -0.1) is 0 Å². The molecule has 1 unspecified atom stereocenters. The monoisotopic (exact) mass is 306 g/mol. The molecule has 1 amide bonds. The van der Waals surface area contributed by atoms with E-state index >= 15 is 0 Å². The van der Waals surface area contributed by atoms with E-state index in [4.69, 9.17) is 0 Å². The van der Waals surface area contributed by atoms with Gasteiger partial charge < -0.3 is 9.88 Å². The van der Waals surface area contributed by atoms with Crippen molar-refractivity contribution in [1.29, 1.82) is 0 Å². The van der Waals surface area contributed by atoms with Gasteiger partial charge in [-0.25, -0.2) is 0 Å². The number of anilines is 1. The molecule has 0 spiro atoms. The summed E-state index contributed by atoms with van der Waals surface area (Å²) in [5, 5.41) is 4.26. The van der Waals surface area contributed by atoms with Gasteiger partial charge in [-0.2, -0.15) is 0 Å². The first-order valence-electron chi connectivity index (χ1n) is 7.91. The number of hydrogen-bond acceptors (Lipinski definition) is 1. The number of carbonyl (C=O) groups is 1. The molecule has 0 saturated carbocycles. The topological polar surface area (TPSA) is 34.0 Å². The Morgan fingerprint density at radius 2 is 1.78 bits per heavy atom. The Morgan fingerprint density at radius 3 is 2.57 bits per heavy atom. The van der Waals surface area contributed by atoms with Gasteiger partial charge >= 0.3 is 0 Å². The summed E-state index contributed by atoms with van der Waals surface area (Å²) in [7, 11) is 0. The molecule has 2 aromatic carbocycles. The number of aryl methyl sites for hydroxylation is 3. The molecule has 0 fully saturated rings. The summed E-state index contributed by atoms with van der Waals surface area (Å²) in [6.45, 7) is 8.05. The van der Waals surface area contributed by atoms with Crippen LogP contribution in [-0.4, -0.2) is 10.5 Å². The third-order valence-electron chi connectivity index (χ3n) is 4.39. The maximum atomic E-state index is 12.7. The summed E-state index contributed by atoms with van der Waals surface area (Å²) < 4.78 is 2.05. The lowest BCUT2D eigenvalue weighted by Crippen LogP contribution is -2.23. The van der Waals surface area contributed by atoms with Crippen LogP contribution in [0, 0.1) is 20.8 Å². The number of amides is 1. The average Bonchev–Trinajstić information content (AvgIpc) is 2.87. The minimum Gasteiger partial charge on any atom is -0.335 e. The van der Waals surface area contributed by atoms with Crippen LogP contribution in [0.1, 0.15) is 29.7 Å². The van der Waals surface area contributed by atoms with Gasteiger partial charge in [0.25, 0.3) is 0 Å². The number of aromatic nitrogens is 1. The molecule has 3 nitrogen and oxygen atoms in total. The van der Waals surface area contributed by atoms with Crippen LogP contribution in [-0.2, 0) is 4.79 Å². The van der Waals surface area contributed by atoms with E-state index in [1.807, 2.05) is 49.6 Å². The molecule has 0 aliphatic rings. The fourth-order valence-electron chi connectivity index (χ4n) is 2.93. The summed E-state index contributed by atoms with van der Waals surface area (Å²) >= 11 is 0. The summed E-state index contributed by atoms with van der Waals surface area (Å²) in [6, 6.07) is 14.0. The minimum absolute atomic E-state index is 0.000506. The quantitative estimate of drug-likeness (QED) is 0.743. The molecular formula is C20H22N2O. The SMILES string of the molecule is Cc1ccc(C)c(NC(=O)C(C)n2cc(C)c3ccccc32)c1. The molecule has 118 valence electrons. The zero-order valence-electron chi connectivity index (χ0n) is 14.1. The minimum atomic E-state index is -0.270. The molecule has 0 saturated heterocycles. The van der Waals surface area contributed by atoms with Crippen LogP contribution in [0.4, 0.5) is 5.69 Å². The van der Waals surface area contributed by atoms with Gasteiger partial charge in [-0.05, 0) is 56.5 Å². The normalized spacial score (nSPS) is 12.3. The van der Waals surface area contributed by atoms with Gasteiger partial charge in [0.05, 0.1) is 0 Å². The van der Waals surface area contributed by atoms with Crippen molar-refractivity contribution in [1.82, 2.24) is 4.57 Å². The number of benzene rings is 2. The molecule has 0 radical (unpaired) electrons. The highest BCUT2D eigenvalue weighted by molar-refractivity contribution is 5.96. The molecular weight excluding hydrogens is 284 g/mol. The Hall–Kier alpha value is -2.55. The summed E-state index contributed by atoms with van der Waals surface area (Å²) in [5.41, 5.74) is 5.38. The zero-order valence-corrected chi connectivity index (χ0v) is 14.1. The number of para-hydroxylation sites is 1. The number of rotatable bonds is 3. The van der Waals surface area contributed by atoms with E-state index in [2.05, 4.69) is 36.6 Å². The van der Waals surface area contributed by atoms with Crippen LogP contribution < -0.4 is 5.32 Å². The van der Waals surface area contributed by atoms with Crippen molar-refractivity contribution >= 4 is 22.5 Å². The number of nitrogens with zero attached hydrogens (tertiary/aromatic N) is 1. The number of carbonyl (C=O) groups excluding carboxylic acids is 1. The van der Waals surface area contributed by atoms with E-state index in [9.17, 15) is 4.79 Å². The summed E-state index contributed by atoms with van der Waals surface area (Å²) in [5.74, 6) is -0.000506. The standard InChI is InChI=1S/C20H22N2O/c1-13-9-10-14(2)18(11-13)21-20(23)16(4)22-12-15(3)17-7-5-6-8-19(17)22/h5-12,16H,1-4H3,(H,21,23). The molecule has 0 aliphatic carbocycles. The van der Waals surface area contributed by atoms with Crippen molar-refractivity contribution in [2.24, 2.45) is 0 Å². The molecule has 0 bridgehead atoms. The van der Waals surface area contributed by atoms with Crippen LogP contribution in [0.2, 0.25) is 0 Å². The summed E-state index contributed by atoms with van der Waals surface area (Å²) in [6.07, 6.45) is 2.05. The van der Waals surface area contributed by atoms with Crippen molar-refractivity contribution in [3.63, 3.8) is 0 Å². The van der Waals surface area contributed by atoms with E-state index in [1.165, 1.54) is 10.9 Å². The van der Waals surface area contributed by atoms with Crippen LogP contribution in [0.25, 0.3) is 10.9 Å². The van der Waals surface area contributed by atoms with Gasteiger partial charge in [0.1, 0.15) is 6.04 Å². The van der Waals surface area contributed by atoms with Crippen molar-refractivity contribution in [3.05, 3.63) is 65.4 Å². The molecule has 1 atom stereocenters. The molecule has 3 rings (SSSR count). The second-order valence-corrected chi connectivity index (χ2v) is 6.22. The van der Waals surface area contributed by atoms with Crippen molar-refractivity contribution in [3.8, 4) is 0 Å². The van der Waals surface area contributed by atoms with Gasteiger partial charge in [-0.3, -0.25) is 4.79 Å². The largest absolute Gasteiger partial charge is 0.335 e. The van der Waals surface area contributed by atoms with Crippen LogP contribution in [0.5, 0.6) is 0 Å². The maximum absolute atomic E-state index is 12.7. The van der Waals surface area contributed by atoms with Gasteiger partial charge in [0.15, 0.2) is 0 Å². The molecule has 0 aliphatic heterocycles. The Balaban J connectivity index is 1.91. The molecule has 1 heterocycles. The van der Waals surface area contributed by atoms with Crippen LogP contribution in [0.3, 0.4) is 0 Å². The van der Waals surface area contributed by atoms with Crippen molar-refractivity contribution in [2.45, 2.75) is 33.7 Å². The predicted molar refractivity (Wildman–Crippen MR) is 95.9 cm³/mol.